The zero-order chi connectivity index (χ0) is 19.7. The number of carbonyl (C=O) groups is 2. The van der Waals surface area contributed by atoms with Crippen LogP contribution in [0.2, 0.25) is 0 Å². The van der Waals surface area contributed by atoms with Gasteiger partial charge in [0.05, 0.1) is 18.6 Å². The molecule has 1 saturated heterocycles. The van der Waals surface area contributed by atoms with Crippen molar-refractivity contribution >= 4 is 11.8 Å². The van der Waals surface area contributed by atoms with Crippen LogP contribution in [0.15, 0.2) is 48.5 Å². The van der Waals surface area contributed by atoms with Gasteiger partial charge in [0.1, 0.15) is 5.75 Å². The van der Waals surface area contributed by atoms with E-state index >= 15 is 0 Å². The zero-order valence-corrected chi connectivity index (χ0v) is 16.4. The molecule has 1 unspecified atom stereocenters. The molecule has 1 N–H and O–H groups in total. The minimum Gasteiger partial charge on any atom is -0.497 e. The molecule has 0 radical (unpaired) electrons. The predicted octanol–water partition coefficient (Wildman–Crippen LogP) is 3.16. The summed E-state index contributed by atoms with van der Waals surface area (Å²) in [6.07, 6.45) is 2.12. The van der Waals surface area contributed by atoms with Gasteiger partial charge in [0, 0.05) is 19.5 Å². The monoisotopic (exact) mass is 378 g/mol. The van der Waals surface area contributed by atoms with Gasteiger partial charge in [-0.3, -0.25) is 9.59 Å². The molecule has 0 bridgehead atoms. The molecule has 28 heavy (non-hydrogen) atoms. The first-order chi connectivity index (χ1) is 13.5. The Morgan fingerprint density at radius 3 is 2.64 bits per heavy atom. The van der Waals surface area contributed by atoms with Crippen molar-refractivity contribution in [1.29, 1.82) is 0 Å². The van der Waals surface area contributed by atoms with Gasteiger partial charge in [-0.25, -0.2) is 0 Å². The average molecular weight is 378 g/mol. The van der Waals surface area contributed by atoms with Crippen molar-refractivity contribution in [2.45, 2.75) is 38.3 Å². The Morgan fingerprint density at radius 2 is 1.96 bits per heavy atom. The molecule has 0 spiro atoms. The quantitative estimate of drug-likeness (QED) is 0.840. The molecule has 2 aliphatic rings. The highest BCUT2D eigenvalue weighted by Crippen LogP contribution is 2.46. The minimum atomic E-state index is -0.307. The minimum absolute atomic E-state index is 0.0277. The Morgan fingerprint density at radius 1 is 1.21 bits per heavy atom. The molecular formula is C23H26N2O3. The number of ether oxygens (including phenoxy) is 1. The number of hydrogen-bond donors (Lipinski definition) is 1. The van der Waals surface area contributed by atoms with E-state index in [1.807, 2.05) is 55.5 Å². The normalized spacial score (nSPS) is 20.1. The average Bonchev–Trinajstić information content (AvgIpc) is 3.40. The van der Waals surface area contributed by atoms with Gasteiger partial charge in [-0.2, -0.15) is 0 Å². The summed E-state index contributed by atoms with van der Waals surface area (Å²) in [5.41, 5.74) is 3.05. The highest BCUT2D eigenvalue weighted by molar-refractivity contribution is 5.89. The number of carbonyl (C=O) groups excluding carboxylic acids is 2. The largest absolute Gasteiger partial charge is 0.497 e. The summed E-state index contributed by atoms with van der Waals surface area (Å²) in [6, 6.07) is 16.0. The van der Waals surface area contributed by atoms with Crippen LogP contribution in [0.1, 0.15) is 36.0 Å². The van der Waals surface area contributed by atoms with Crippen molar-refractivity contribution < 1.29 is 14.3 Å². The molecule has 4 rings (SSSR count). The second-order valence-electron chi connectivity index (χ2n) is 7.96. The van der Waals surface area contributed by atoms with Gasteiger partial charge < -0.3 is 15.0 Å². The van der Waals surface area contributed by atoms with Gasteiger partial charge in [-0.15, -0.1) is 0 Å². The van der Waals surface area contributed by atoms with Gasteiger partial charge in [0.2, 0.25) is 11.8 Å². The SMILES string of the molecule is COc1cccc(C2(NC(=O)C3CC(=O)N(Cc4ccc(C)cc4)C3)CC2)c1. The summed E-state index contributed by atoms with van der Waals surface area (Å²) < 4.78 is 5.31. The lowest BCUT2D eigenvalue weighted by molar-refractivity contribution is -0.129. The number of aryl methyl sites for hydroxylation is 1. The lowest BCUT2D eigenvalue weighted by Crippen LogP contribution is -2.40. The van der Waals surface area contributed by atoms with E-state index in [-0.39, 0.29) is 29.7 Å². The van der Waals surface area contributed by atoms with Gasteiger partial charge in [-0.05, 0) is 43.0 Å². The molecule has 1 aliphatic carbocycles. The molecular weight excluding hydrogens is 352 g/mol. The summed E-state index contributed by atoms with van der Waals surface area (Å²) in [5.74, 6) is 0.520. The van der Waals surface area contributed by atoms with Crippen molar-refractivity contribution in [1.82, 2.24) is 10.2 Å². The standard InChI is InChI=1S/C23H26N2O3/c1-16-6-8-17(9-7-16)14-25-15-18(12-21(25)26)22(27)24-23(10-11-23)19-4-3-5-20(13-19)28-2/h3-9,13,18H,10-12,14-15H2,1-2H3,(H,24,27). The number of likely N-dealkylation sites (tertiary alicyclic amines) is 1. The molecule has 1 aliphatic heterocycles. The fourth-order valence-corrected chi connectivity index (χ4v) is 3.88. The first-order valence-electron chi connectivity index (χ1n) is 9.79. The van der Waals surface area contributed by atoms with Crippen LogP contribution >= 0.6 is 0 Å². The molecule has 2 amide bonds. The fourth-order valence-electron chi connectivity index (χ4n) is 3.88. The van der Waals surface area contributed by atoms with Crippen LogP contribution < -0.4 is 10.1 Å². The van der Waals surface area contributed by atoms with Crippen molar-refractivity contribution in [3.8, 4) is 5.75 Å². The zero-order valence-electron chi connectivity index (χ0n) is 16.4. The highest BCUT2D eigenvalue weighted by atomic mass is 16.5. The number of amides is 2. The number of methoxy groups -OCH3 is 1. The Bertz CT molecular complexity index is 887. The van der Waals surface area contributed by atoms with E-state index in [2.05, 4.69) is 5.32 Å². The predicted molar refractivity (Wildman–Crippen MR) is 107 cm³/mol. The molecule has 2 aromatic carbocycles. The Kier molecular flexibility index (Phi) is 4.84. The van der Waals surface area contributed by atoms with Crippen LogP contribution in [0.5, 0.6) is 5.75 Å². The number of nitrogens with one attached hydrogen (secondary N) is 1. The van der Waals surface area contributed by atoms with Gasteiger partial charge >= 0.3 is 0 Å². The third-order valence-electron chi connectivity index (χ3n) is 5.81. The summed E-state index contributed by atoms with van der Waals surface area (Å²) in [4.78, 5) is 27.1. The molecule has 146 valence electrons. The van der Waals surface area contributed by atoms with Crippen LogP contribution in [0.25, 0.3) is 0 Å². The fraction of sp³-hybridized carbons (Fsp3) is 0.391. The highest BCUT2D eigenvalue weighted by Gasteiger charge is 2.47. The van der Waals surface area contributed by atoms with Gasteiger partial charge in [0.15, 0.2) is 0 Å². The third-order valence-corrected chi connectivity index (χ3v) is 5.81. The molecule has 1 atom stereocenters. The van der Waals surface area contributed by atoms with Crippen LogP contribution in [0, 0.1) is 12.8 Å². The van der Waals surface area contributed by atoms with Crippen LogP contribution in [0.4, 0.5) is 0 Å². The van der Waals surface area contributed by atoms with Gasteiger partial charge in [-0.1, -0.05) is 42.0 Å². The Hall–Kier alpha value is -2.82. The van der Waals surface area contributed by atoms with Crippen LogP contribution in [-0.4, -0.2) is 30.4 Å². The Balaban J connectivity index is 1.40. The third kappa shape index (κ3) is 3.75. The second-order valence-corrected chi connectivity index (χ2v) is 7.96. The lowest BCUT2D eigenvalue weighted by Gasteiger charge is -2.21. The van der Waals surface area contributed by atoms with E-state index in [9.17, 15) is 9.59 Å². The van der Waals surface area contributed by atoms with E-state index in [1.54, 1.807) is 12.0 Å². The van der Waals surface area contributed by atoms with Crippen molar-refractivity contribution in [3.63, 3.8) is 0 Å². The molecule has 1 saturated carbocycles. The van der Waals surface area contributed by atoms with E-state index in [0.29, 0.717) is 13.1 Å². The first kappa shape index (κ1) is 18.5. The van der Waals surface area contributed by atoms with Gasteiger partial charge in [0.25, 0.3) is 0 Å². The molecule has 5 heteroatoms. The topological polar surface area (TPSA) is 58.6 Å². The van der Waals surface area contributed by atoms with Crippen molar-refractivity contribution in [2.24, 2.45) is 5.92 Å². The summed E-state index contributed by atoms with van der Waals surface area (Å²) >= 11 is 0. The van der Waals surface area contributed by atoms with E-state index in [0.717, 1.165) is 29.7 Å². The van der Waals surface area contributed by atoms with Crippen LogP contribution in [-0.2, 0) is 21.7 Å². The lowest BCUT2D eigenvalue weighted by atomic mass is 10.0. The maximum absolute atomic E-state index is 12.9. The first-order valence-corrected chi connectivity index (χ1v) is 9.79. The molecule has 0 aromatic heterocycles. The van der Waals surface area contributed by atoms with Crippen molar-refractivity contribution in [2.75, 3.05) is 13.7 Å². The maximum atomic E-state index is 12.9. The number of hydrogen-bond acceptors (Lipinski definition) is 3. The van der Waals surface area contributed by atoms with Crippen LogP contribution in [0.3, 0.4) is 0 Å². The maximum Gasteiger partial charge on any atom is 0.226 e. The summed E-state index contributed by atoms with van der Waals surface area (Å²) in [6.45, 7) is 3.08. The smallest absolute Gasteiger partial charge is 0.226 e. The number of benzene rings is 2. The molecule has 2 aromatic rings. The Labute approximate surface area is 165 Å². The molecule has 2 fully saturated rings. The molecule has 5 nitrogen and oxygen atoms in total. The second kappa shape index (κ2) is 7.30. The molecule has 1 heterocycles. The van der Waals surface area contributed by atoms with E-state index in [1.165, 1.54) is 5.56 Å². The number of nitrogens with zero attached hydrogens (tertiary/aromatic N) is 1. The van der Waals surface area contributed by atoms with E-state index < -0.39 is 0 Å². The summed E-state index contributed by atoms with van der Waals surface area (Å²) in [7, 11) is 1.64. The van der Waals surface area contributed by atoms with E-state index in [4.69, 9.17) is 4.74 Å². The summed E-state index contributed by atoms with van der Waals surface area (Å²) in [5, 5.41) is 3.22. The van der Waals surface area contributed by atoms with Crippen molar-refractivity contribution in [3.05, 3.63) is 65.2 Å². The number of rotatable bonds is 6.